The highest BCUT2D eigenvalue weighted by atomic mass is 16.5. The Morgan fingerprint density at radius 3 is 2.65 bits per heavy atom. The van der Waals surface area contributed by atoms with E-state index >= 15 is 0 Å². The average Bonchev–Trinajstić information content (AvgIpc) is 3.57. The van der Waals surface area contributed by atoms with Crippen molar-refractivity contribution in [1.82, 2.24) is 14.5 Å². The standard InChI is InChI=1S/C31H28N4O2/c1-20-8-13-27-26(16-20)22(18-32-27)14-15-35-30(21-9-11-24(37-3)12-10-21)33-28(31(35)36)17-23-19-34(2)29-7-5-4-6-25(23)29/h4-13,16-19,32H,14-15H2,1-3H3. The fraction of sp³-hybridized carbons (Fsp3) is 0.161. The minimum atomic E-state index is -0.0882. The quantitative estimate of drug-likeness (QED) is 0.305. The lowest BCUT2D eigenvalue weighted by Gasteiger charge is -2.18. The zero-order valence-corrected chi connectivity index (χ0v) is 21.2. The van der Waals surface area contributed by atoms with Gasteiger partial charge in [0.15, 0.2) is 0 Å². The van der Waals surface area contributed by atoms with Gasteiger partial charge in [0, 0.05) is 58.9 Å². The molecule has 1 aliphatic heterocycles. The summed E-state index contributed by atoms with van der Waals surface area (Å²) in [5, 5.41) is 2.29. The number of aromatic amines is 1. The van der Waals surface area contributed by atoms with Gasteiger partial charge in [-0.3, -0.25) is 9.69 Å². The molecule has 1 aliphatic rings. The highest BCUT2D eigenvalue weighted by Gasteiger charge is 2.31. The first-order valence-electron chi connectivity index (χ1n) is 12.4. The van der Waals surface area contributed by atoms with Crippen molar-refractivity contribution in [1.29, 1.82) is 0 Å². The number of nitrogens with zero attached hydrogens (tertiary/aromatic N) is 3. The van der Waals surface area contributed by atoms with Gasteiger partial charge in [-0.15, -0.1) is 0 Å². The number of hydrogen-bond donors (Lipinski definition) is 1. The van der Waals surface area contributed by atoms with Crippen LogP contribution in [-0.4, -0.2) is 39.8 Å². The molecule has 6 heteroatoms. The summed E-state index contributed by atoms with van der Waals surface area (Å²) >= 11 is 0. The van der Waals surface area contributed by atoms with Crippen LogP contribution < -0.4 is 4.74 Å². The van der Waals surface area contributed by atoms with Crippen molar-refractivity contribution in [2.45, 2.75) is 13.3 Å². The van der Waals surface area contributed by atoms with Gasteiger partial charge in [0.25, 0.3) is 5.91 Å². The molecular formula is C31H28N4O2. The molecule has 0 aliphatic carbocycles. The second kappa shape index (κ2) is 9.13. The summed E-state index contributed by atoms with van der Waals surface area (Å²) in [7, 11) is 3.66. The lowest BCUT2D eigenvalue weighted by Crippen LogP contribution is -2.34. The average molecular weight is 489 g/mol. The van der Waals surface area contributed by atoms with Crippen LogP contribution in [0.15, 0.2) is 89.8 Å². The Labute approximate surface area is 215 Å². The molecule has 5 aromatic rings. The molecule has 6 rings (SSSR count). The van der Waals surface area contributed by atoms with Crippen molar-refractivity contribution in [2.75, 3.05) is 13.7 Å². The Hall–Kier alpha value is -4.58. The number of benzene rings is 3. The van der Waals surface area contributed by atoms with Crippen LogP contribution in [0, 0.1) is 6.92 Å². The summed E-state index contributed by atoms with van der Waals surface area (Å²) in [5.74, 6) is 1.34. The molecular weight excluding hydrogens is 460 g/mol. The van der Waals surface area contributed by atoms with Crippen LogP contribution in [-0.2, 0) is 18.3 Å². The van der Waals surface area contributed by atoms with Gasteiger partial charge in [-0.05, 0) is 67.4 Å². The van der Waals surface area contributed by atoms with E-state index in [0.29, 0.717) is 24.5 Å². The number of para-hydroxylation sites is 1. The number of rotatable bonds is 6. The molecule has 3 heterocycles. The minimum absolute atomic E-state index is 0.0882. The molecule has 0 fully saturated rings. The molecule has 0 radical (unpaired) electrons. The van der Waals surface area contributed by atoms with E-state index in [1.54, 1.807) is 12.0 Å². The number of methoxy groups -OCH3 is 1. The molecule has 0 saturated heterocycles. The second-order valence-corrected chi connectivity index (χ2v) is 9.48. The first kappa shape index (κ1) is 22.9. The van der Waals surface area contributed by atoms with E-state index in [2.05, 4.69) is 46.8 Å². The third-order valence-electron chi connectivity index (χ3n) is 7.04. The van der Waals surface area contributed by atoms with Crippen molar-refractivity contribution in [3.05, 3.63) is 107 Å². The fourth-order valence-corrected chi connectivity index (χ4v) is 5.09. The lowest BCUT2D eigenvalue weighted by molar-refractivity contribution is -0.122. The summed E-state index contributed by atoms with van der Waals surface area (Å²) in [6, 6.07) is 22.3. The van der Waals surface area contributed by atoms with E-state index in [9.17, 15) is 4.79 Å². The topological polar surface area (TPSA) is 62.6 Å². The smallest absolute Gasteiger partial charge is 0.278 e. The van der Waals surface area contributed by atoms with Crippen LogP contribution in [0.3, 0.4) is 0 Å². The normalized spacial score (nSPS) is 14.8. The number of ether oxygens (including phenoxy) is 1. The minimum Gasteiger partial charge on any atom is -0.497 e. The summed E-state index contributed by atoms with van der Waals surface area (Å²) in [6.45, 7) is 2.62. The Bertz CT molecular complexity index is 1700. The molecule has 3 aromatic carbocycles. The van der Waals surface area contributed by atoms with E-state index in [0.717, 1.165) is 33.3 Å². The summed E-state index contributed by atoms with van der Waals surface area (Å²) in [6.07, 6.45) is 6.71. The van der Waals surface area contributed by atoms with Crippen molar-refractivity contribution in [3.63, 3.8) is 0 Å². The number of aromatic nitrogens is 2. The number of carbonyl (C=O) groups excluding carboxylic acids is 1. The number of hydrogen-bond acceptors (Lipinski definition) is 3. The maximum absolute atomic E-state index is 13.7. The Morgan fingerprint density at radius 1 is 1.03 bits per heavy atom. The van der Waals surface area contributed by atoms with Crippen LogP contribution in [0.5, 0.6) is 5.75 Å². The lowest BCUT2D eigenvalue weighted by atomic mass is 10.1. The van der Waals surface area contributed by atoms with Gasteiger partial charge in [0.05, 0.1) is 7.11 Å². The van der Waals surface area contributed by atoms with Crippen LogP contribution in [0.25, 0.3) is 27.9 Å². The van der Waals surface area contributed by atoms with E-state index in [4.69, 9.17) is 9.73 Å². The summed E-state index contributed by atoms with van der Waals surface area (Å²) < 4.78 is 7.41. The summed E-state index contributed by atoms with van der Waals surface area (Å²) in [5.41, 5.74) is 6.92. The molecule has 0 spiro atoms. The van der Waals surface area contributed by atoms with E-state index in [1.807, 2.05) is 61.9 Å². The highest BCUT2D eigenvalue weighted by molar-refractivity contribution is 6.20. The molecule has 0 atom stereocenters. The van der Waals surface area contributed by atoms with E-state index in [1.165, 1.54) is 16.5 Å². The van der Waals surface area contributed by atoms with Crippen molar-refractivity contribution >= 4 is 39.6 Å². The van der Waals surface area contributed by atoms with Crippen LogP contribution in [0.2, 0.25) is 0 Å². The Balaban J connectivity index is 1.37. The predicted octanol–water partition coefficient (Wildman–Crippen LogP) is 5.85. The van der Waals surface area contributed by atoms with Crippen molar-refractivity contribution < 1.29 is 9.53 Å². The van der Waals surface area contributed by atoms with Crippen LogP contribution in [0.4, 0.5) is 0 Å². The number of aliphatic imine (C=N–C) groups is 1. The molecule has 37 heavy (non-hydrogen) atoms. The van der Waals surface area contributed by atoms with Gasteiger partial charge in [-0.1, -0.05) is 29.8 Å². The van der Waals surface area contributed by atoms with Gasteiger partial charge in [0.2, 0.25) is 0 Å². The van der Waals surface area contributed by atoms with Crippen LogP contribution in [0.1, 0.15) is 22.3 Å². The molecule has 0 saturated carbocycles. The van der Waals surface area contributed by atoms with Crippen LogP contribution >= 0.6 is 0 Å². The first-order chi connectivity index (χ1) is 18.0. The number of fused-ring (bicyclic) bond motifs is 2. The maximum Gasteiger partial charge on any atom is 0.278 e. The Morgan fingerprint density at radius 2 is 1.84 bits per heavy atom. The van der Waals surface area contributed by atoms with Crippen molar-refractivity contribution in [2.24, 2.45) is 12.0 Å². The number of carbonyl (C=O) groups is 1. The number of H-pyrrole nitrogens is 1. The summed E-state index contributed by atoms with van der Waals surface area (Å²) in [4.78, 5) is 23.8. The zero-order valence-electron chi connectivity index (χ0n) is 21.2. The predicted molar refractivity (Wildman–Crippen MR) is 149 cm³/mol. The molecule has 0 bridgehead atoms. The molecule has 2 aromatic heterocycles. The number of amides is 1. The number of nitrogens with one attached hydrogen (secondary N) is 1. The first-order valence-corrected chi connectivity index (χ1v) is 12.4. The molecule has 0 unspecified atom stereocenters. The number of amidine groups is 1. The van der Waals surface area contributed by atoms with Gasteiger partial charge in [-0.2, -0.15) is 0 Å². The van der Waals surface area contributed by atoms with Gasteiger partial charge in [0.1, 0.15) is 17.3 Å². The fourth-order valence-electron chi connectivity index (χ4n) is 5.09. The van der Waals surface area contributed by atoms with Gasteiger partial charge in [-0.25, -0.2) is 4.99 Å². The van der Waals surface area contributed by atoms with E-state index < -0.39 is 0 Å². The van der Waals surface area contributed by atoms with Gasteiger partial charge >= 0.3 is 0 Å². The molecule has 184 valence electrons. The molecule has 1 N–H and O–H groups in total. The molecule has 6 nitrogen and oxygen atoms in total. The van der Waals surface area contributed by atoms with E-state index in [-0.39, 0.29) is 5.91 Å². The van der Waals surface area contributed by atoms with Gasteiger partial charge < -0.3 is 14.3 Å². The SMILES string of the molecule is COc1ccc(C2=NC(=Cc3cn(C)c4ccccc34)C(=O)N2CCc2c[nH]c3ccc(C)cc23)cc1. The highest BCUT2D eigenvalue weighted by Crippen LogP contribution is 2.28. The Kier molecular flexibility index (Phi) is 5.64. The second-order valence-electron chi connectivity index (χ2n) is 9.48. The monoisotopic (exact) mass is 488 g/mol. The molecule has 1 amide bonds. The number of aryl methyl sites for hydroxylation is 2. The zero-order chi connectivity index (χ0) is 25.5. The maximum atomic E-state index is 13.7. The largest absolute Gasteiger partial charge is 0.497 e. The van der Waals surface area contributed by atoms with Crippen molar-refractivity contribution in [3.8, 4) is 5.75 Å². The third kappa shape index (κ3) is 4.10. The third-order valence-corrected chi connectivity index (χ3v) is 7.04.